The van der Waals surface area contributed by atoms with Crippen molar-refractivity contribution in [3.8, 4) is 5.75 Å². The third-order valence-electron chi connectivity index (χ3n) is 4.47. The van der Waals surface area contributed by atoms with E-state index in [4.69, 9.17) is 16.3 Å². The van der Waals surface area contributed by atoms with Gasteiger partial charge in [-0.1, -0.05) is 72.3 Å². The Kier molecular flexibility index (Phi) is 7.06. The monoisotopic (exact) mass is 394 g/mol. The number of rotatable bonds is 8. The molecule has 144 valence electrons. The number of hydrogen-bond donors (Lipinski definition) is 2. The van der Waals surface area contributed by atoms with Gasteiger partial charge >= 0.3 is 0 Å². The predicted octanol–water partition coefficient (Wildman–Crippen LogP) is 4.34. The second kappa shape index (κ2) is 9.93. The van der Waals surface area contributed by atoms with Crippen LogP contribution in [0.4, 0.5) is 0 Å². The first kappa shape index (κ1) is 19.9. The van der Waals surface area contributed by atoms with Crippen LogP contribution in [0.15, 0.2) is 78.9 Å². The largest absolute Gasteiger partial charge is 0.496 e. The third kappa shape index (κ3) is 5.35. The van der Waals surface area contributed by atoms with Gasteiger partial charge in [0.15, 0.2) is 0 Å². The minimum Gasteiger partial charge on any atom is -0.496 e. The van der Waals surface area contributed by atoms with E-state index in [1.807, 2.05) is 78.9 Å². The number of methoxy groups -OCH3 is 1. The Labute approximate surface area is 170 Å². The molecule has 4 nitrogen and oxygen atoms in total. The van der Waals surface area contributed by atoms with Crippen LogP contribution in [0.25, 0.3) is 0 Å². The Hall–Kier alpha value is -2.82. The van der Waals surface area contributed by atoms with Gasteiger partial charge in [0.2, 0.25) is 5.91 Å². The lowest BCUT2D eigenvalue weighted by molar-refractivity contribution is -0.120. The number of carbonyl (C=O) groups excluding carboxylic acids is 1. The SMILES string of the molecule is COc1ccccc1CNC(=O)CNC(c1ccccc1)c1ccc(Cl)cc1. The number of halogens is 1. The van der Waals surface area contributed by atoms with Gasteiger partial charge < -0.3 is 10.1 Å². The summed E-state index contributed by atoms with van der Waals surface area (Å²) in [5.74, 6) is 0.680. The van der Waals surface area contributed by atoms with Crippen molar-refractivity contribution < 1.29 is 9.53 Å². The molecular weight excluding hydrogens is 372 g/mol. The van der Waals surface area contributed by atoms with E-state index in [2.05, 4.69) is 10.6 Å². The highest BCUT2D eigenvalue weighted by molar-refractivity contribution is 6.30. The summed E-state index contributed by atoms with van der Waals surface area (Å²) < 4.78 is 5.32. The topological polar surface area (TPSA) is 50.4 Å². The highest BCUT2D eigenvalue weighted by atomic mass is 35.5. The number of benzene rings is 3. The maximum Gasteiger partial charge on any atom is 0.234 e. The summed E-state index contributed by atoms with van der Waals surface area (Å²) in [5.41, 5.74) is 3.08. The van der Waals surface area contributed by atoms with Crippen molar-refractivity contribution >= 4 is 17.5 Å². The highest BCUT2D eigenvalue weighted by Crippen LogP contribution is 2.23. The van der Waals surface area contributed by atoms with Gasteiger partial charge in [0, 0.05) is 17.1 Å². The zero-order valence-electron chi connectivity index (χ0n) is 15.7. The van der Waals surface area contributed by atoms with Gasteiger partial charge in [-0.05, 0) is 29.3 Å². The summed E-state index contributed by atoms with van der Waals surface area (Å²) in [4.78, 5) is 12.4. The van der Waals surface area contributed by atoms with E-state index in [1.165, 1.54) is 0 Å². The van der Waals surface area contributed by atoms with E-state index in [-0.39, 0.29) is 18.5 Å². The number of amides is 1. The second-order valence-corrected chi connectivity index (χ2v) is 6.80. The van der Waals surface area contributed by atoms with Crippen LogP contribution >= 0.6 is 11.6 Å². The van der Waals surface area contributed by atoms with Crippen LogP contribution in [0, 0.1) is 0 Å². The quantitative estimate of drug-likeness (QED) is 0.597. The first-order valence-corrected chi connectivity index (χ1v) is 9.47. The Morgan fingerprint density at radius 1 is 0.929 bits per heavy atom. The fraction of sp³-hybridized carbons (Fsp3) is 0.174. The maximum atomic E-state index is 12.4. The fourth-order valence-electron chi connectivity index (χ4n) is 3.03. The number of para-hydroxylation sites is 1. The van der Waals surface area contributed by atoms with Crippen LogP contribution in [0.3, 0.4) is 0 Å². The molecule has 1 unspecified atom stereocenters. The first-order valence-electron chi connectivity index (χ1n) is 9.10. The van der Waals surface area contributed by atoms with E-state index >= 15 is 0 Å². The molecule has 0 bridgehead atoms. The molecule has 0 aliphatic heterocycles. The van der Waals surface area contributed by atoms with Crippen LogP contribution < -0.4 is 15.4 Å². The Balaban J connectivity index is 1.64. The van der Waals surface area contributed by atoms with Gasteiger partial charge in [-0.25, -0.2) is 0 Å². The number of hydrogen-bond acceptors (Lipinski definition) is 3. The van der Waals surface area contributed by atoms with Gasteiger partial charge in [0.1, 0.15) is 5.75 Å². The average molecular weight is 395 g/mol. The molecule has 0 fully saturated rings. The predicted molar refractivity (Wildman–Crippen MR) is 113 cm³/mol. The van der Waals surface area contributed by atoms with Crippen LogP contribution in [-0.2, 0) is 11.3 Å². The summed E-state index contributed by atoms with van der Waals surface area (Å²) in [6.07, 6.45) is 0. The Bertz CT molecular complexity index is 898. The van der Waals surface area contributed by atoms with Gasteiger partial charge in [0.25, 0.3) is 0 Å². The highest BCUT2D eigenvalue weighted by Gasteiger charge is 2.15. The van der Waals surface area contributed by atoms with E-state index in [0.29, 0.717) is 11.6 Å². The summed E-state index contributed by atoms with van der Waals surface area (Å²) in [5, 5.41) is 6.97. The molecule has 5 heteroatoms. The lowest BCUT2D eigenvalue weighted by atomic mass is 9.99. The molecule has 3 aromatic rings. The van der Waals surface area contributed by atoms with Crippen LogP contribution in [-0.4, -0.2) is 19.6 Å². The molecule has 0 aliphatic rings. The number of nitrogens with one attached hydrogen (secondary N) is 2. The van der Waals surface area contributed by atoms with E-state index < -0.39 is 0 Å². The molecule has 0 aliphatic carbocycles. The molecule has 0 saturated carbocycles. The lowest BCUT2D eigenvalue weighted by Gasteiger charge is -2.20. The molecule has 0 saturated heterocycles. The molecule has 2 N–H and O–H groups in total. The van der Waals surface area contributed by atoms with Crippen molar-refractivity contribution in [1.82, 2.24) is 10.6 Å². The normalized spacial score (nSPS) is 11.6. The second-order valence-electron chi connectivity index (χ2n) is 6.36. The van der Waals surface area contributed by atoms with Crippen molar-refractivity contribution in [3.05, 3.63) is 101 Å². The summed E-state index contributed by atoms with van der Waals surface area (Å²) in [6.45, 7) is 0.610. The summed E-state index contributed by atoms with van der Waals surface area (Å²) in [7, 11) is 1.62. The van der Waals surface area contributed by atoms with E-state index in [9.17, 15) is 4.79 Å². The fourth-order valence-corrected chi connectivity index (χ4v) is 3.15. The van der Waals surface area contributed by atoms with Gasteiger partial charge in [-0.3, -0.25) is 10.1 Å². The first-order chi connectivity index (χ1) is 13.7. The molecule has 3 rings (SSSR count). The average Bonchev–Trinajstić information content (AvgIpc) is 2.74. The zero-order valence-corrected chi connectivity index (χ0v) is 16.4. The summed E-state index contributed by atoms with van der Waals surface area (Å²) >= 11 is 6.02. The minimum atomic E-state index is -0.101. The van der Waals surface area contributed by atoms with Gasteiger partial charge in [0.05, 0.1) is 19.7 Å². The zero-order chi connectivity index (χ0) is 19.8. The Morgan fingerprint density at radius 2 is 1.57 bits per heavy atom. The molecule has 0 spiro atoms. The van der Waals surface area contributed by atoms with Crippen LogP contribution in [0.2, 0.25) is 5.02 Å². The molecular formula is C23H23ClN2O2. The van der Waals surface area contributed by atoms with E-state index in [0.717, 1.165) is 22.4 Å². The molecule has 1 atom stereocenters. The molecule has 0 heterocycles. The standard InChI is InChI=1S/C23H23ClN2O2/c1-28-21-10-6-5-9-19(21)15-25-22(27)16-26-23(17-7-3-2-4-8-17)18-11-13-20(24)14-12-18/h2-14,23,26H,15-16H2,1H3,(H,25,27). The van der Waals surface area contributed by atoms with Crippen molar-refractivity contribution in [2.24, 2.45) is 0 Å². The molecule has 1 amide bonds. The van der Waals surface area contributed by atoms with Gasteiger partial charge in [-0.2, -0.15) is 0 Å². The maximum absolute atomic E-state index is 12.4. The Morgan fingerprint density at radius 3 is 2.29 bits per heavy atom. The molecule has 0 aromatic heterocycles. The molecule has 3 aromatic carbocycles. The smallest absolute Gasteiger partial charge is 0.234 e. The van der Waals surface area contributed by atoms with Gasteiger partial charge in [-0.15, -0.1) is 0 Å². The third-order valence-corrected chi connectivity index (χ3v) is 4.72. The minimum absolute atomic E-state index is 0.0826. The van der Waals surface area contributed by atoms with Crippen LogP contribution in [0.5, 0.6) is 5.75 Å². The number of carbonyl (C=O) groups is 1. The van der Waals surface area contributed by atoms with Crippen LogP contribution in [0.1, 0.15) is 22.7 Å². The molecule has 28 heavy (non-hydrogen) atoms. The summed E-state index contributed by atoms with van der Waals surface area (Å²) in [6, 6.07) is 25.2. The van der Waals surface area contributed by atoms with Crippen molar-refractivity contribution in [2.45, 2.75) is 12.6 Å². The lowest BCUT2D eigenvalue weighted by Crippen LogP contribution is -2.35. The van der Waals surface area contributed by atoms with Crippen molar-refractivity contribution in [1.29, 1.82) is 0 Å². The number of ether oxygens (including phenoxy) is 1. The van der Waals surface area contributed by atoms with Crippen molar-refractivity contribution in [3.63, 3.8) is 0 Å². The van der Waals surface area contributed by atoms with E-state index in [1.54, 1.807) is 7.11 Å². The van der Waals surface area contributed by atoms with Crippen molar-refractivity contribution in [2.75, 3.05) is 13.7 Å². The molecule has 0 radical (unpaired) electrons.